The number of ketones is 1. The van der Waals surface area contributed by atoms with E-state index in [0.29, 0.717) is 36.8 Å². The summed E-state index contributed by atoms with van der Waals surface area (Å²) in [6, 6.07) is 3.53. The Bertz CT molecular complexity index is 544. The average Bonchev–Trinajstić information content (AvgIpc) is 2.79. The molecular weight excluding hydrogens is 246 g/mol. The van der Waals surface area contributed by atoms with Crippen LogP contribution >= 0.6 is 0 Å². The van der Waals surface area contributed by atoms with Gasteiger partial charge >= 0.3 is 0 Å². The SMILES string of the molecule is NC[C@H]1CC(=O)N(c2ccc3c(n2)CC(=O)CO3)C1. The van der Waals surface area contributed by atoms with Crippen molar-refractivity contribution in [2.45, 2.75) is 12.8 Å². The van der Waals surface area contributed by atoms with E-state index < -0.39 is 0 Å². The van der Waals surface area contributed by atoms with Gasteiger partial charge in [0.25, 0.3) is 0 Å². The lowest BCUT2D eigenvalue weighted by Gasteiger charge is -2.20. The highest BCUT2D eigenvalue weighted by Gasteiger charge is 2.31. The lowest BCUT2D eigenvalue weighted by atomic mass is 10.1. The number of anilines is 1. The summed E-state index contributed by atoms with van der Waals surface area (Å²) in [5.41, 5.74) is 6.21. The lowest BCUT2D eigenvalue weighted by molar-refractivity contribution is -0.121. The van der Waals surface area contributed by atoms with Crippen LogP contribution < -0.4 is 15.4 Å². The zero-order chi connectivity index (χ0) is 13.4. The van der Waals surface area contributed by atoms with Gasteiger partial charge < -0.3 is 10.5 Å². The molecule has 3 heterocycles. The van der Waals surface area contributed by atoms with Crippen LogP contribution in [0, 0.1) is 5.92 Å². The fourth-order valence-corrected chi connectivity index (χ4v) is 2.44. The number of carbonyl (C=O) groups excluding carboxylic acids is 2. The molecule has 1 atom stereocenters. The summed E-state index contributed by atoms with van der Waals surface area (Å²) in [7, 11) is 0. The standard InChI is InChI=1S/C13H15N3O3/c14-5-8-3-13(18)16(6-8)12-2-1-11-10(15-12)4-9(17)7-19-11/h1-2,8H,3-7,14H2/t8-/m1/s1. The second-order valence-corrected chi connectivity index (χ2v) is 4.93. The van der Waals surface area contributed by atoms with Crippen LogP contribution in [-0.4, -0.2) is 36.4 Å². The molecule has 2 aliphatic rings. The number of aromatic nitrogens is 1. The summed E-state index contributed by atoms with van der Waals surface area (Å²) >= 11 is 0. The first-order valence-corrected chi connectivity index (χ1v) is 6.32. The molecule has 19 heavy (non-hydrogen) atoms. The molecule has 2 aliphatic heterocycles. The van der Waals surface area contributed by atoms with Gasteiger partial charge in [0, 0.05) is 13.0 Å². The molecule has 0 spiro atoms. The number of nitrogens with two attached hydrogens (primary N) is 1. The Morgan fingerprint density at radius 2 is 2.26 bits per heavy atom. The summed E-state index contributed by atoms with van der Waals surface area (Å²) < 4.78 is 5.29. The van der Waals surface area contributed by atoms with Crippen LogP contribution in [0.2, 0.25) is 0 Å². The first kappa shape index (κ1) is 12.1. The molecule has 0 aliphatic carbocycles. The third kappa shape index (κ3) is 2.19. The Morgan fingerprint density at radius 3 is 3.00 bits per heavy atom. The van der Waals surface area contributed by atoms with E-state index in [9.17, 15) is 9.59 Å². The molecular formula is C13H15N3O3. The minimum atomic E-state index is 0.00438. The number of hydrogen-bond donors (Lipinski definition) is 1. The number of nitrogens with zero attached hydrogens (tertiary/aromatic N) is 2. The summed E-state index contributed by atoms with van der Waals surface area (Å²) in [4.78, 5) is 29.3. The predicted molar refractivity (Wildman–Crippen MR) is 68.0 cm³/mol. The fraction of sp³-hybridized carbons (Fsp3) is 0.462. The number of amides is 1. The molecule has 6 heteroatoms. The highest BCUT2D eigenvalue weighted by Crippen LogP contribution is 2.28. The molecule has 0 radical (unpaired) electrons. The van der Waals surface area contributed by atoms with Crippen molar-refractivity contribution < 1.29 is 14.3 Å². The van der Waals surface area contributed by atoms with Crippen LogP contribution in [0.1, 0.15) is 12.1 Å². The Labute approximate surface area is 110 Å². The van der Waals surface area contributed by atoms with Crippen LogP contribution in [0.5, 0.6) is 5.75 Å². The topological polar surface area (TPSA) is 85.5 Å². The maximum atomic E-state index is 11.9. The van der Waals surface area contributed by atoms with E-state index in [1.54, 1.807) is 17.0 Å². The molecule has 2 N–H and O–H groups in total. The van der Waals surface area contributed by atoms with Crippen LogP contribution in [0.25, 0.3) is 0 Å². The smallest absolute Gasteiger partial charge is 0.228 e. The van der Waals surface area contributed by atoms with Crippen LogP contribution in [0.3, 0.4) is 0 Å². The Balaban J connectivity index is 1.88. The Kier molecular flexibility index (Phi) is 2.94. The normalized spacial score (nSPS) is 22.4. The minimum Gasteiger partial charge on any atom is -0.484 e. The molecule has 1 aromatic rings. The molecule has 1 fully saturated rings. The predicted octanol–water partition coefficient (Wildman–Crippen LogP) is -0.103. The van der Waals surface area contributed by atoms with E-state index in [2.05, 4.69) is 4.98 Å². The molecule has 1 saturated heterocycles. The zero-order valence-corrected chi connectivity index (χ0v) is 10.5. The number of carbonyl (C=O) groups is 2. The van der Waals surface area contributed by atoms with Gasteiger partial charge in [0.2, 0.25) is 5.91 Å². The van der Waals surface area contributed by atoms with Gasteiger partial charge in [0.05, 0.1) is 12.1 Å². The van der Waals surface area contributed by atoms with Crippen molar-refractivity contribution in [1.29, 1.82) is 0 Å². The van der Waals surface area contributed by atoms with Crippen LogP contribution in [0.4, 0.5) is 5.82 Å². The van der Waals surface area contributed by atoms with E-state index in [1.807, 2.05) is 0 Å². The fourth-order valence-electron chi connectivity index (χ4n) is 2.44. The number of pyridine rings is 1. The number of hydrogen-bond acceptors (Lipinski definition) is 5. The number of Topliss-reactive ketones (excluding diaryl/α,β-unsaturated/α-hetero) is 1. The van der Waals surface area contributed by atoms with Crippen molar-refractivity contribution >= 4 is 17.5 Å². The molecule has 1 amide bonds. The van der Waals surface area contributed by atoms with Crippen molar-refractivity contribution in [2.24, 2.45) is 11.7 Å². The second kappa shape index (κ2) is 4.62. The highest BCUT2D eigenvalue weighted by molar-refractivity contribution is 5.95. The number of fused-ring (bicyclic) bond motifs is 1. The van der Waals surface area contributed by atoms with E-state index >= 15 is 0 Å². The van der Waals surface area contributed by atoms with Crippen molar-refractivity contribution in [3.05, 3.63) is 17.8 Å². The first-order valence-electron chi connectivity index (χ1n) is 6.32. The maximum absolute atomic E-state index is 11.9. The van der Waals surface area contributed by atoms with Gasteiger partial charge in [0.15, 0.2) is 5.78 Å². The summed E-state index contributed by atoms with van der Waals surface area (Å²) in [5.74, 6) is 1.43. The Morgan fingerprint density at radius 1 is 1.42 bits per heavy atom. The van der Waals surface area contributed by atoms with E-state index in [4.69, 9.17) is 10.5 Å². The van der Waals surface area contributed by atoms with E-state index in [0.717, 1.165) is 0 Å². The van der Waals surface area contributed by atoms with Gasteiger partial charge in [-0.05, 0) is 24.6 Å². The van der Waals surface area contributed by atoms with Gasteiger partial charge in [-0.3, -0.25) is 14.5 Å². The van der Waals surface area contributed by atoms with Crippen LogP contribution in [0.15, 0.2) is 12.1 Å². The molecule has 6 nitrogen and oxygen atoms in total. The molecule has 3 rings (SSSR count). The minimum absolute atomic E-state index is 0.00438. The number of rotatable bonds is 2. The largest absolute Gasteiger partial charge is 0.484 e. The average molecular weight is 261 g/mol. The molecule has 0 bridgehead atoms. The third-order valence-electron chi connectivity index (χ3n) is 3.49. The summed E-state index contributed by atoms with van der Waals surface area (Å²) in [5, 5.41) is 0. The van der Waals surface area contributed by atoms with Crippen LogP contribution in [-0.2, 0) is 16.0 Å². The lowest BCUT2D eigenvalue weighted by Crippen LogP contribution is -2.28. The van der Waals surface area contributed by atoms with E-state index in [-0.39, 0.29) is 30.6 Å². The molecule has 0 saturated carbocycles. The molecule has 100 valence electrons. The van der Waals surface area contributed by atoms with Crippen molar-refractivity contribution in [3.8, 4) is 5.75 Å². The van der Waals surface area contributed by atoms with Crippen molar-refractivity contribution in [1.82, 2.24) is 4.98 Å². The zero-order valence-electron chi connectivity index (χ0n) is 10.5. The summed E-state index contributed by atoms with van der Waals surface area (Å²) in [6.07, 6.45) is 0.732. The summed E-state index contributed by atoms with van der Waals surface area (Å²) in [6.45, 7) is 1.19. The molecule has 0 aromatic carbocycles. The molecule has 0 unspecified atom stereocenters. The Hall–Kier alpha value is -1.95. The van der Waals surface area contributed by atoms with Gasteiger partial charge in [-0.2, -0.15) is 0 Å². The third-order valence-corrected chi connectivity index (χ3v) is 3.49. The van der Waals surface area contributed by atoms with Gasteiger partial charge in [-0.25, -0.2) is 4.98 Å². The van der Waals surface area contributed by atoms with Gasteiger partial charge in [0.1, 0.15) is 18.2 Å². The maximum Gasteiger partial charge on any atom is 0.228 e. The van der Waals surface area contributed by atoms with E-state index in [1.165, 1.54) is 0 Å². The number of ether oxygens (including phenoxy) is 1. The van der Waals surface area contributed by atoms with Gasteiger partial charge in [-0.15, -0.1) is 0 Å². The first-order chi connectivity index (χ1) is 9.17. The highest BCUT2D eigenvalue weighted by atomic mass is 16.5. The second-order valence-electron chi connectivity index (χ2n) is 4.93. The monoisotopic (exact) mass is 261 g/mol. The van der Waals surface area contributed by atoms with Crippen molar-refractivity contribution in [2.75, 3.05) is 24.6 Å². The van der Waals surface area contributed by atoms with Crippen molar-refractivity contribution in [3.63, 3.8) is 0 Å². The van der Waals surface area contributed by atoms with Gasteiger partial charge in [-0.1, -0.05) is 0 Å². The quantitative estimate of drug-likeness (QED) is 0.803. The molecule has 1 aromatic heterocycles.